The Kier molecular flexibility index (Phi) is 9.95. The standard InChI is InChI=1S/C27H26Cl3N5O6S/c1-17-16-33(11-12-34(17)27(37)31-19-7-9-21(28)23(30)14-19)26(36)24(13-18-5-3-2-4-6-18)32-42(40,41)20-8-10-22(29)25(15-20)35(38)39/h2-10,14-15,17,24,32H,11-13,16H2,1H3,(H,31,37). The van der Waals surface area contributed by atoms with Crippen molar-refractivity contribution in [2.45, 2.75) is 30.3 Å². The fourth-order valence-electron chi connectivity index (χ4n) is 4.53. The third-order valence-electron chi connectivity index (χ3n) is 6.67. The van der Waals surface area contributed by atoms with Gasteiger partial charge < -0.3 is 15.1 Å². The Labute approximate surface area is 257 Å². The second kappa shape index (κ2) is 13.3. The molecule has 0 bridgehead atoms. The van der Waals surface area contributed by atoms with Crippen LogP contribution in [0.4, 0.5) is 16.2 Å². The Morgan fingerprint density at radius 3 is 2.33 bits per heavy atom. The lowest BCUT2D eigenvalue weighted by Gasteiger charge is -2.41. The van der Waals surface area contributed by atoms with E-state index in [1.165, 1.54) is 11.0 Å². The number of hydrogen-bond donors (Lipinski definition) is 2. The van der Waals surface area contributed by atoms with Crippen molar-refractivity contribution in [1.29, 1.82) is 0 Å². The number of carbonyl (C=O) groups excluding carboxylic acids is 2. The van der Waals surface area contributed by atoms with Gasteiger partial charge in [0.1, 0.15) is 11.1 Å². The van der Waals surface area contributed by atoms with E-state index in [4.69, 9.17) is 34.8 Å². The van der Waals surface area contributed by atoms with Crippen molar-refractivity contribution in [2.75, 3.05) is 25.0 Å². The number of anilines is 1. The Morgan fingerprint density at radius 2 is 1.69 bits per heavy atom. The minimum Gasteiger partial charge on any atom is -0.337 e. The highest BCUT2D eigenvalue weighted by molar-refractivity contribution is 7.89. The number of nitro groups is 1. The zero-order chi connectivity index (χ0) is 30.6. The molecule has 0 aliphatic carbocycles. The summed E-state index contributed by atoms with van der Waals surface area (Å²) in [5.74, 6) is -0.498. The molecule has 0 aromatic heterocycles. The molecule has 4 rings (SSSR count). The van der Waals surface area contributed by atoms with Gasteiger partial charge in [-0.3, -0.25) is 14.9 Å². The lowest BCUT2D eigenvalue weighted by molar-refractivity contribution is -0.384. The third-order valence-corrected chi connectivity index (χ3v) is 9.20. The summed E-state index contributed by atoms with van der Waals surface area (Å²) in [4.78, 5) is 39.9. The maximum Gasteiger partial charge on any atom is 0.322 e. The van der Waals surface area contributed by atoms with E-state index in [9.17, 15) is 28.1 Å². The van der Waals surface area contributed by atoms with Crippen LogP contribution in [-0.2, 0) is 21.2 Å². The van der Waals surface area contributed by atoms with Gasteiger partial charge in [0.15, 0.2) is 0 Å². The Bertz CT molecular complexity index is 1610. The second-order valence-corrected chi connectivity index (χ2v) is 12.6. The molecule has 1 aliphatic heterocycles. The number of halogens is 3. The molecule has 1 saturated heterocycles. The van der Waals surface area contributed by atoms with Gasteiger partial charge in [0.25, 0.3) is 5.69 Å². The zero-order valence-corrected chi connectivity index (χ0v) is 25.3. The van der Waals surface area contributed by atoms with Gasteiger partial charge in [0.2, 0.25) is 15.9 Å². The molecule has 0 radical (unpaired) electrons. The number of benzene rings is 3. The number of amides is 3. The van der Waals surface area contributed by atoms with Crippen LogP contribution in [0, 0.1) is 10.1 Å². The van der Waals surface area contributed by atoms with E-state index in [0.29, 0.717) is 16.3 Å². The van der Waals surface area contributed by atoms with Gasteiger partial charge in [-0.25, -0.2) is 13.2 Å². The fraction of sp³-hybridized carbons (Fsp3) is 0.259. The van der Waals surface area contributed by atoms with Crippen molar-refractivity contribution in [1.82, 2.24) is 14.5 Å². The number of nitro benzene ring substituents is 1. The molecular weight excluding hydrogens is 629 g/mol. The minimum absolute atomic E-state index is 0.0288. The van der Waals surface area contributed by atoms with Crippen LogP contribution in [0.5, 0.6) is 0 Å². The minimum atomic E-state index is -4.37. The highest BCUT2D eigenvalue weighted by Gasteiger charge is 2.35. The fourth-order valence-corrected chi connectivity index (χ4v) is 6.23. The van der Waals surface area contributed by atoms with Crippen molar-refractivity contribution in [3.8, 4) is 0 Å². The molecule has 2 unspecified atom stereocenters. The molecule has 3 aromatic carbocycles. The van der Waals surface area contributed by atoms with Gasteiger partial charge in [-0.15, -0.1) is 0 Å². The van der Waals surface area contributed by atoms with Gasteiger partial charge in [-0.1, -0.05) is 65.1 Å². The van der Waals surface area contributed by atoms with E-state index >= 15 is 0 Å². The largest absolute Gasteiger partial charge is 0.337 e. The average Bonchev–Trinajstić information content (AvgIpc) is 2.94. The molecular formula is C27H26Cl3N5O6S. The molecule has 0 saturated carbocycles. The third kappa shape index (κ3) is 7.50. The summed E-state index contributed by atoms with van der Waals surface area (Å²) in [6.07, 6.45) is 0.0288. The van der Waals surface area contributed by atoms with Gasteiger partial charge in [-0.05, 0) is 49.2 Å². The normalized spacial score (nSPS) is 16.1. The highest BCUT2D eigenvalue weighted by Crippen LogP contribution is 2.28. The van der Waals surface area contributed by atoms with Crippen LogP contribution in [0.2, 0.25) is 15.1 Å². The Balaban J connectivity index is 1.51. The zero-order valence-electron chi connectivity index (χ0n) is 22.2. The number of nitrogens with zero attached hydrogens (tertiary/aromatic N) is 3. The first kappa shape index (κ1) is 31.5. The van der Waals surface area contributed by atoms with Crippen LogP contribution in [0.15, 0.2) is 71.6 Å². The molecule has 3 aromatic rings. The van der Waals surface area contributed by atoms with Gasteiger partial charge in [0.05, 0.1) is 19.9 Å². The molecule has 1 aliphatic rings. The number of sulfonamides is 1. The van der Waals surface area contributed by atoms with Crippen molar-refractivity contribution >= 4 is 68.1 Å². The predicted molar refractivity (Wildman–Crippen MR) is 161 cm³/mol. The van der Waals surface area contributed by atoms with E-state index < -0.39 is 43.5 Å². The van der Waals surface area contributed by atoms with Crippen LogP contribution < -0.4 is 10.0 Å². The number of piperazine rings is 1. The molecule has 15 heteroatoms. The topological polar surface area (TPSA) is 142 Å². The van der Waals surface area contributed by atoms with E-state index in [1.807, 2.05) is 0 Å². The maximum atomic E-state index is 13.7. The van der Waals surface area contributed by atoms with Crippen molar-refractivity contribution < 1.29 is 22.9 Å². The number of nitrogens with one attached hydrogen (secondary N) is 2. The maximum absolute atomic E-state index is 13.7. The summed E-state index contributed by atoms with van der Waals surface area (Å²) in [6, 6.07) is 14.6. The molecule has 2 atom stereocenters. The van der Waals surface area contributed by atoms with E-state index in [-0.39, 0.29) is 42.1 Å². The molecule has 3 amide bonds. The van der Waals surface area contributed by atoms with Crippen LogP contribution >= 0.6 is 34.8 Å². The summed E-state index contributed by atoms with van der Waals surface area (Å²) in [5.41, 5.74) is 0.586. The Morgan fingerprint density at radius 1 is 1.00 bits per heavy atom. The molecule has 42 heavy (non-hydrogen) atoms. The number of urea groups is 1. The highest BCUT2D eigenvalue weighted by atomic mass is 35.5. The van der Waals surface area contributed by atoms with Crippen LogP contribution in [0.25, 0.3) is 0 Å². The number of carbonyl (C=O) groups is 2. The molecule has 1 heterocycles. The lowest BCUT2D eigenvalue weighted by Crippen LogP contribution is -2.59. The first-order chi connectivity index (χ1) is 19.9. The molecule has 0 spiro atoms. The van der Waals surface area contributed by atoms with Crippen LogP contribution in [0.1, 0.15) is 12.5 Å². The summed E-state index contributed by atoms with van der Waals surface area (Å²) in [7, 11) is -4.37. The summed E-state index contributed by atoms with van der Waals surface area (Å²) < 4.78 is 29.0. The smallest absolute Gasteiger partial charge is 0.322 e. The molecule has 11 nitrogen and oxygen atoms in total. The van der Waals surface area contributed by atoms with Crippen LogP contribution in [-0.4, -0.2) is 66.8 Å². The predicted octanol–water partition coefficient (Wildman–Crippen LogP) is 5.21. The van der Waals surface area contributed by atoms with Crippen molar-refractivity contribution in [2.24, 2.45) is 0 Å². The number of rotatable bonds is 8. The molecule has 1 fully saturated rings. The summed E-state index contributed by atoms with van der Waals surface area (Å²) in [6.45, 7) is 2.26. The average molecular weight is 655 g/mol. The van der Waals surface area contributed by atoms with Crippen molar-refractivity contribution in [3.05, 3.63) is 97.5 Å². The van der Waals surface area contributed by atoms with E-state index in [1.54, 1.807) is 54.3 Å². The number of hydrogen-bond acceptors (Lipinski definition) is 6. The lowest BCUT2D eigenvalue weighted by atomic mass is 10.0. The monoisotopic (exact) mass is 653 g/mol. The second-order valence-electron chi connectivity index (χ2n) is 9.62. The van der Waals surface area contributed by atoms with Gasteiger partial charge in [-0.2, -0.15) is 4.72 Å². The SMILES string of the molecule is CC1CN(C(=O)C(Cc2ccccc2)NS(=O)(=O)c2ccc(Cl)c([N+](=O)[O-])c2)CCN1C(=O)Nc1ccc(Cl)c(Cl)c1. The van der Waals surface area contributed by atoms with E-state index in [0.717, 1.165) is 18.2 Å². The molecule has 222 valence electrons. The Hall–Kier alpha value is -3.42. The quantitative estimate of drug-likeness (QED) is 0.252. The van der Waals surface area contributed by atoms with Crippen molar-refractivity contribution in [3.63, 3.8) is 0 Å². The van der Waals surface area contributed by atoms with Crippen LogP contribution in [0.3, 0.4) is 0 Å². The first-order valence-corrected chi connectivity index (χ1v) is 15.3. The summed E-state index contributed by atoms with van der Waals surface area (Å²) >= 11 is 17.8. The van der Waals surface area contributed by atoms with Gasteiger partial charge >= 0.3 is 6.03 Å². The first-order valence-electron chi connectivity index (χ1n) is 12.7. The van der Waals surface area contributed by atoms with Gasteiger partial charge in [0, 0.05) is 37.4 Å². The molecule has 2 N–H and O–H groups in total. The van der Waals surface area contributed by atoms with E-state index in [2.05, 4.69) is 10.0 Å². The summed E-state index contributed by atoms with van der Waals surface area (Å²) in [5, 5.41) is 14.5.